The van der Waals surface area contributed by atoms with Crippen LogP contribution in [-0.4, -0.2) is 32.8 Å². The minimum atomic E-state index is -0.0876. The number of methoxy groups -OCH3 is 1. The van der Waals surface area contributed by atoms with E-state index in [0.29, 0.717) is 31.7 Å². The van der Waals surface area contributed by atoms with Crippen molar-refractivity contribution in [1.29, 1.82) is 0 Å². The van der Waals surface area contributed by atoms with E-state index in [4.69, 9.17) is 14.2 Å². The monoisotopic (exact) mass is 339 g/mol. The first-order valence-corrected chi connectivity index (χ1v) is 8.62. The van der Waals surface area contributed by atoms with E-state index in [1.807, 2.05) is 30.3 Å². The molecule has 2 aromatic rings. The van der Waals surface area contributed by atoms with Crippen molar-refractivity contribution >= 4 is 5.91 Å². The predicted molar refractivity (Wildman–Crippen MR) is 93.9 cm³/mol. The molecule has 0 saturated heterocycles. The third kappa shape index (κ3) is 2.90. The van der Waals surface area contributed by atoms with Crippen LogP contribution in [0.4, 0.5) is 0 Å². The lowest BCUT2D eigenvalue weighted by atomic mass is 9.99. The molecule has 0 fully saturated rings. The zero-order chi connectivity index (χ0) is 17.2. The van der Waals surface area contributed by atoms with Crippen LogP contribution in [0.2, 0.25) is 0 Å². The average molecular weight is 339 g/mol. The molecule has 0 radical (unpaired) electrons. The summed E-state index contributed by atoms with van der Waals surface area (Å²) in [4.78, 5) is 12.8. The van der Waals surface area contributed by atoms with E-state index >= 15 is 0 Å². The van der Waals surface area contributed by atoms with Crippen LogP contribution in [0.25, 0.3) is 0 Å². The van der Waals surface area contributed by atoms with Crippen molar-refractivity contribution in [1.82, 2.24) is 5.32 Å². The molecule has 1 N–H and O–H groups in total. The van der Waals surface area contributed by atoms with Gasteiger partial charge in [-0.15, -0.1) is 0 Å². The molecule has 1 amide bonds. The Morgan fingerprint density at radius 2 is 2.04 bits per heavy atom. The Balaban J connectivity index is 1.51. The summed E-state index contributed by atoms with van der Waals surface area (Å²) in [5.41, 5.74) is 3.77. The van der Waals surface area contributed by atoms with Crippen LogP contribution in [0.3, 0.4) is 0 Å². The highest BCUT2D eigenvalue weighted by atomic mass is 16.5. The second-order valence-corrected chi connectivity index (χ2v) is 6.23. The molecule has 25 heavy (non-hydrogen) atoms. The molecule has 2 aliphatic heterocycles. The molecule has 0 saturated carbocycles. The number of ether oxygens (including phenoxy) is 3. The lowest BCUT2D eigenvalue weighted by molar-refractivity contribution is 0.0950. The fraction of sp³-hybridized carbons (Fsp3) is 0.350. The summed E-state index contributed by atoms with van der Waals surface area (Å²) in [5.74, 6) is 2.32. The van der Waals surface area contributed by atoms with Crippen LogP contribution < -0.4 is 19.5 Å². The van der Waals surface area contributed by atoms with Gasteiger partial charge in [-0.05, 0) is 24.1 Å². The summed E-state index contributed by atoms with van der Waals surface area (Å²) in [6.07, 6.45) is 2.29. The van der Waals surface area contributed by atoms with Gasteiger partial charge in [0.05, 0.1) is 25.9 Å². The van der Waals surface area contributed by atoms with Gasteiger partial charge in [0.15, 0.2) is 0 Å². The fourth-order valence-corrected chi connectivity index (χ4v) is 3.53. The summed E-state index contributed by atoms with van der Waals surface area (Å²) in [7, 11) is 1.66. The van der Waals surface area contributed by atoms with Gasteiger partial charge in [-0.25, -0.2) is 0 Å². The molecule has 0 spiro atoms. The van der Waals surface area contributed by atoms with Crippen LogP contribution in [0.15, 0.2) is 30.3 Å². The molecule has 0 aliphatic carbocycles. The van der Waals surface area contributed by atoms with Crippen LogP contribution >= 0.6 is 0 Å². The molecular formula is C20H21NO4. The summed E-state index contributed by atoms with van der Waals surface area (Å²) >= 11 is 0. The number of rotatable bonds is 5. The third-order valence-corrected chi connectivity index (χ3v) is 4.75. The second kappa shape index (κ2) is 6.67. The molecule has 2 aromatic carbocycles. The summed E-state index contributed by atoms with van der Waals surface area (Å²) in [6, 6.07) is 9.88. The van der Waals surface area contributed by atoms with E-state index in [1.54, 1.807) is 7.11 Å². The first-order valence-electron chi connectivity index (χ1n) is 8.62. The van der Waals surface area contributed by atoms with Crippen molar-refractivity contribution in [3.63, 3.8) is 0 Å². The normalized spacial score (nSPS) is 14.3. The zero-order valence-corrected chi connectivity index (χ0v) is 14.3. The maximum atomic E-state index is 12.8. The van der Waals surface area contributed by atoms with Gasteiger partial charge in [0.1, 0.15) is 17.2 Å². The van der Waals surface area contributed by atoms with E-state index in [9.17, 15) is 4.79 Å². The van der Waals surface area contributed by atoms with Gasteiger partial charge in [0, 0.05) is 30.5 Å². The zero-order valence-electron chi connectivity index (χ0n) is 14.3. The van der Waals surface area contributed by atoms with Crippen molar-refractivity contribution < 1.29 is 19.0 Å². The van der Waals surface area contributed by atoms with E-state index in [0.717, 1.165) is 46.8 Å². The van der Waals surface area contributed by atoms with Crippen molar-refractivity contribution in [2.45, 2.75) is 19.3 Å². The van der Waals surface area contributed by atoms with Crippen molar-refractivity contribution in [2.24, 2.45) is 0 Å². The van der Waals surface area contributed by atoms with Gasteiger partial charge in [0.2, 0.25) is 0 Å². The Morgan fingerprint density at radius 1 is 1.20 bits per heavy atom. The molecule has 130 valence electrons. The average Bonchev–Trinajstić information content (AvgIpc) is 3.28. The van der Waals surface area contributed by atoms with Gasteiger partial charge in [0.25, 0.3) is 5.91 Å². The number of para-hydroxylation sites is 1. The lowest BCUT2D eigenvalue weighted by Crippen LogP contribution is -2.27. The van der Waals surface area contributed by atoms with Crippen LogP contribution in [0.5, 0.6) is 17.2 Å². The van der Waals surface area contributed by atoms with Gasteiger partial charge in [-0.1, -0.05) is 18.2 Å². The molecule has 5 nitrogen and oxygen atoms in total. The highest BCUT2D eigenvalue weighted by Crippen LogP contribution is 2.40. The highest BCUT2D eigenvalue weighted by molar-refractivity contribution is 6.00. The number of hydrogen-bond donors (Lipinski definition) is 1. The van der Waals surface area contributed by atoms with Crippen molar-refractivity contribution in [3.05, 3.63) is 52.6 Å². The van der Waals surface area contributed by atoms with Gasteiger partial charge >= 0.3 is 0 Å². The molecule has 0 atom stereocenters. The Kier molecular flexibility index (Phi) is 4.22. The topological polar surface area (TPSA) is 56.8 Å². The second-order valence-electron chi connectivity index (χ2n) is 6.23. The predicted octanol–water partition coefficient (Wildman–Crippen LogP) is 2.54. The SMILES string of the molecule is COc1ccccc1CCNC(=O)c1c2c(cc3c1OCC3)OCC2. The summed E-state index contributed by atoms with van der Waals surface area (Å²) < 4.78 is 16.8. The standard InChI is InChI=1S/C20H21NO4/c1-23-16-5-3-2-4-13(16)6-9-21-20(22)18-15-8-11-24-17(15)12-14-7-10-25-19(14)18/h2-5,12H,6-11H2,1H3,(H,21,22). The van der Waals surface area contributed by atoms with E-state index in [1.165, 1.54) is 0 Å². The maximum Gasteiger partial charge on any atom is 0.255 e. The Morgan fingerprint density at radius 3 is 2.92 bits per heavy atom. The number of benzene rings is 2. The van der Waals surface area contributed by atoms with E-state index < -0.39 is 0 Å². The van der Waals surface area contributed by atoms with Gasteiger partial charge in [-0.3, -0.25) is 4.79 Å². The number of carbonyl (C=O) groups excluding carboxylic acids is 1. The number of nitrogens with one attached hydrogen (secondary N) is 1. The summed E-state index contributed by atoms with van der Waals surface area (Å²) in [5, 5.41) is 3.03. The van der Waals surface area contributed by atoms with Crippen LogP contribution in [0.1, 0.15) is 27.0 Å². The molecule has 0 unspecified atom stereocenters. The molecule has 2 aliphatic rings. The fourth-order valence-electron chi connectivity index (χ4n) is 3.53. The number of fused-ring (bicyclic) bond motifs is 2. The van der Waals surface area contributed by atoms with Crippen LogP contribution in [-0.2, 0) is 19.3 Å². The largest absolute Gasteiger partial charge is 0.496 e. The Hall–Kier alpha value is -2.69. The van der Waals surface area contributed by atoms with Crippen molar-refractivity contribution in [2.75, 3.05) is 26.9 Å². The molecule has 0 bridgehead atoms. The number of hydrogen-bond acceptors (Lipinski definition) is 4. The highest BCUT2D eigenvalue weighted by Gasteiger charge is 2.30. The minimum absolute atomic E-state index is 0.0876. The number of amides is 1. The quantitative estimate of drug-likeness (QED) is 0.909. The lowest BCUT2D eigenvalue weighted by Gasteiger charge is -2.13. The van der Waals surface area contributed by atoms with Gasteiger partial charge in [-0.2, -0.15) is 0 Å². The summed E-state index contributed by atoms with van der Waals surface area (Å²) in [6.45, 7) is 1.79. The van der Waals surface area contributed by atoms with E-state index in [2.05, 4.69) is 5.32 Å². The van der Waals surface area contributed by atoms with E-state index in [-0.39, 0.29) is 5.91 Å². The maximum absolute atomic E-state index is 12.8. The first-order chi connectivity index (χ1) is 12.3. The van der Waals surface area contributed by atoms with Crippen LogP contribution in [0, 0.1) is 0 Å². The molecule has 5 heteroatoms. The van der Waals surface area contributed by atoms with Crippen molar-refractivity contribution in [3.8, 4) is 17.2 Å². The Labute approximate surface area is 146 Å². The third-order valence-electron chi connectivity index (χ3n) is 4.75. The molecular weight excluding hydrogens is 318 g/mol. The van der Waals surface area contributed by atoms with Gasteiger partial charge < -0.3 is 19.5 Å². The minimum Gasteiger partial charge on any atom is -0.496 e. The Bertz CT molecular complexity index is 783. The molecule has 0 aromatic heterocycles. The first kappa shape index (κ1) is 15.8. The molecule has 4 rings (SSSR count). The molecule has 2 heterocycles. The number of carbonyl (C=O) groups is 1. The smallest absolute Gasteiger partial charge is 0.255 e.